The molecule has 2 N–H and O–H groups in total. The van der Waals surface area contributed by atoms with Gasteiger partial charge in [-0.3, -0.25) is 0 Å². The van der Waals surface area contributed by atoms with Gasteiger partial charge in [-0.05, 0) is 37.3 Å². The van der Waals surface area contributed by atoms with E-state index in [1.807, 2.05) is 12.1 Å². The summed E-state index contributed by atoms with van der Waals surface area (Å²) >= 11 is 0. The third-order valence-corrected chi connectivity index (χ3v) is 3.73. The minimum atomic E-state index is -0.523. The van der Waals surface area contributed by atoms with Crippen LogP contribution in [-0.2, 0) is 0 Å². The minimum absolute atomic E-state index is 0.523. The Morgan fingerprint density at radius 1 is 1.41 bits per heavy atom. The summed E-state index contributed by atoms with van der Waals surface area (Å²) in [6.07, 6.45) is 7.49. The van der Waals surface area contributed by atoms with Crippen molar-refractivity contribution in [2.24, 2.45) is 5.92 Å². The predicted octanol–water partition coefficient (Wildman–Crippen LogP) is 2.87. The van der Waals surface area contributed by atoms with Crippen LogP contribution in [0.25, 0.3) is 0 Å². The monoisotopic (exact) mass is 237 g/mol. The molecule has 3 nitrogen and oxygen atoms in total. The Labute approximate surface area is 103 Å². The topological polar surface area (TPSA) is 45.4 Å². The highest BCUT2D eigenvalue weighted by Crippen LogP contribution is 2.23. The minimum Gasteiger partial charge on any atom is -0.467 e. The molecule has 0 radical (unpaired) electrons. The third kappa shape index (κ3) is 3.86. The van der Waals surface area contributed by atoms with Crippen LogP contribution in [0.1, 0.15) is 50.9 Å². The highest BCUT2D eigenvalue weighted by Gasteiger charge is 2.17. The summed E-state index contributed by atoms with van der Waals surface area (Å²) in [6.45, 7) is 2.92. The lowest BCUT2D eigenvalue weighted by Crippen LogP contribution is -2.32. The van der Waals surface area contributed by atoms with Crippen molar-refractivity contribution in [2.45, 2.75) is 51.2 Å². The van der Waals surface area contributed by atoms with E-state index in [-0.39, 0.29) is 0 Å². The van der Waals surface area contributed by atoms with Gasteiger partial charge in [-0.1, -0.05) is 19.8 Å². The van der Waals surface area contributed by atoms with Crippen LogP contribution >= 0.6 is 0 Å². The van der Waals surface area contributed by atoms with Gasteiger partial charge in [0, 0.05) is 12.6 Å². The van der Waals surface area contributed by atoms with Gasteiger partial charge in [0.1, 0.15) is 11.9 Å². The molecular weight excluding hydrogens is 214 g/mol. The first kappa shape index (κ1) is 12.7. The maximum absolute atomic E-state index is 9.91. The largest absolute Gasteiger partial charge is 0.467 e. The maximum Gasteiger partial charge on any atom is 0.133 e. The van der Waals surface area contributed by atoms with Crippen LogP contribution in [0.5, 0.6) is 0 Å². The molecule has 1 aromatic rings. The van der Waals surface area contributed by atoms with Crippen molar-refractivity contribution in [1.82, 2.24) is 5.32 Å². The van der Waals surface area contributed by atoms with E-state index in [1.165, 1.54) is 32.1 Å². The van der Waals surface area contributed by atoms with Gasteiger partial charge in [-0.15, -0.1) is 0 Å². The zero-order valence-corrected chi connectivity index (χ0v) is 10.6. The van der Waals surface area contributed by atoms with Crippen LogP contribution in [0.2, 0.25) is 0 Å². The average molecular weight is 237 g/mol. The Kier molecular flexibility index (Phi) is 4.63. The fourth-order valence-electron chi connectivity index (χ4n) is 2.55. The van der Waals surface area contributed by atoms with Gasteiger partial charge in [-0.2, -0.15) is 0 Å². The second-order valence-corrected chi connectivity index (χ2v) is 5.25. The Morgan fingerprint density at radius 3 is 3.06 bits per heavy atom. The number of nitrogens with one attached hydrogen (secondary N) is 1. The van der Waals surface area contributed by atoms with E-state index in [0.29, 0.717) is 18.3 Å². The van der Waals surface area contributed by atoms with E-state index in [1.54, 1.807) is 6.26 Å². The van der Waals surface area contributed by atoms with Crippen LogP contribution in [0, 0.1) is 5.92 Å². The molecule has 1 aromatic heterocycles. The summed E-state index contributed by atoms with van der Waals surface area (Å²) in [4.78, 5) is 0. The van der Waals surface area contributed by atoms with Gasteiger partial charge >= 0.3 is 0 Å². The molecule has 0 spiro atoms. The van der Waals surface area contributed by atoms with Crippen LogP contribution < -0.4 is 5.32 Å². The van der Waals surface area contributed by atoms with Gasteiger partial charge in [-0.25, -0.2) is 0 Å². The molecule has 2 rings (SSSR count). The van der Waals surface area contributed by atoms with Gasteiger partial charge in [0.15, 0.2) is 0 Å². The lowest BCUT2D eigenvalue weighted by atomic mass is 10.0. The highest BCUT2D eigenvalue weighted by molar-refractivity contribution is 5.02. The van der Waals surface area contributed by atoms with E-state index in [9.17, 15) is 5.11 Å². The van der Waals surface area contributed by atoms with Gasteiger partial charge in [0.25, 0.3) is 0 Å². The average Bonchev–Trinajstić information content (AvgIpc) is 2.78. The fraction of sp³-hybridized carbons (Fsp3) is 0.714. The van der Waals surface area contributed by atoms with E-state index in [4.69, 9.17) is 4.42 Å². The standard InChI is InChI=1S/C14H23NO2/c1-11-4-2-5-12(8-7-11)15-10-13(16)14-6-3-9-17-14/h3,6,9,11-13,15-16H,2,4-5,7-8,10H2,1H3. The van der Waals surface area contributed by atoms with Crippen molar-refractivity contribution in [3.63, 3.8) is 0 Å². The van der Waals surface area contributed by atoms with Gasteiger partial charge in [0.05, 0.1) is 6.26 Å². The molecule has 0 saturated heterocycles. The van der Waals surface area contributed by atoms with Crippen LogP contribution in [0.15, 0.2) is 22.8 Å². The second kappa shape index (κ2) is 6.22. The smallest absolute Gasteiger partial charge is 0.133 e. The Hall–Kier alpha value is -0.800. The second-order valence-electron chi connectivity index (χ2n) is 5.25. The molecule has 0 amide bonds. The van der Waals surface area contributed by atoms with Crippen molar-refractivity contribution in [3.05, 3.63) is 24.2 Å². The Bertz CT molecular complexity index is 310. The van der Waals surface area contributed by atoms with Crippen molar-refractivity contribution >= 4 is 0 Å². The molecule has 17 heavy (non-hydrogen) atoms. The number of hydrogen-bond acceptors (Lipinski definition) is 3. The lowest BCUT2D eigenvalue weighted by molar-refractivity contribution is 0.142. The molecule has 1 aliphatic carbocycles. The van der Waals surface area contributed by atoms with Crippen LogP contribution in [0.4, 0.5) is 0 Å². The van der Waals surface area contributed by atoms with Crippen LogP contribution in [-0.4, -0.2) is 17.7 Å². The molecular formula is C14H23NO2. The van der Waals surface area contributed by atoms with Gasteiger partial charge in [0.2, 0.25) is 0 Å². The number of furan rings is 1. The quantitative estimate of drug-likeness (QED) is 0.791. The van der Waals surface area contributed by atoms with Gasteiger partial charge < -0.3 is 14.8 Å². The first-order valence-electron chi connectivity index (χ1n) is 6.70. The summed E-state index contributed by atoms with van der Waals surface area (Å²) in [6, 6.07) is 4.19. The lowest BCUT2D eigenvalue weighted by Gasteiger charge is -2.18. The number of aliphatic hydroxyl groups is 1. The number of rotatable bonds is 4. The van der Waals surface area contributed by atoms with E-state index >= 15 is 0 Å². The van der Waals surface area contributed by atoms with E-state index < -0.39 is 6.10 Å². The summed E-state index contributed by atoms with van der Waals surface area (Å²) in [5.74, 6) is 1.51. The third-order valence-electron chi connectivity index (χ3n) is 3.73. The van der Waals surface area contributed by atoms with Crippen LogP contribution in [0.3, 0.4) is 0 Å². The molecule has 1 aliphatic rings. The van der Waals surface area contributed by atoms with E-state index in [2.05, 4.69) is 12.2 Å². The molecule has 0 aliphatic heterocycles. The zero-order chi connectivity index (χ0) is 12.1. The molecule has 3 atom stereocenters. The Morgan fingerprint density at radius 2 is 2.29 bits per heavy atom. The number of hydrogen-bond donors (Lipinski definition) is 2. The SMILES string of the molecule is CC1CCCC(NCC(O)c2ccco2)CC1. The van der Waals surface area contributed by atoms with Crippen molar-refractivity contribution < 1.29 is 9.52 Å². The summed E-state index contributed by atoms with van der Waals surface area (Å²) < 4.78 is 5.19. The maximum atomic E-state index is 9.91. The first-order chi connectivity index (χ1) is 8.25. The summed E-state index contributed by atoms with van der Waals surface area (Å²) in [5, 5.41) is 13.4. The molecule has 3 unspecified atom stereocenters. The molecule has 3 heteroatoms. The molecule has 0 aromatic carbocycles. The predicted molar refractivity (Wildman–Crippen MR) is 67.7 cm³/mol. The molecule has 96 valence electrons. The molecule has 1 fully saturated rings. The highest BCUT2D eigenvalue weighted by atomic mass is 16.4. The summed E-state index contributed by atoms with van der Waals surface area (Å²) in [5.41, 5.74) is 0. The summed E-state index contributed by atoms with van der Waals surface area (Å²) in [7, 11) is 0. The first-order valence-corrected chi connectivity index (χ1v) is 6.70. The zero-order valence-electron chi connectivity index (χ0n) is 10.6. The molecule has 1 saturated carbocycles. The Balaban J connectivity index is 1.74. The normalized spacial score (nSPS) is 27.6. The fourth-order valence-corrected chi connectivity index (χ4v) is 2.55. The van der Waals surface area contributed by atoms with Crippen molar-refractivity contribution in [3.8, 4) is 0 Å². The van der Waals surface area contributed by atoms with E-state index in [0.717, 1.165) is 5.92 Å². The molecule has 0 bridgehead atoms. The van der Waals surface area contributed by atoms with Crippen molar-refractivity contribution in [1.29, 1.82) is 0 Å². The number of aliphatic hydroxyl groups excluding tert-OH is 1. The van der Waals surface area contributed by atoms with Crippen molar-refractivity contribution in [2.75, 3.05) is 6.54 Å². The molecule has 1 heterocycles.